The molecular formula is C55H50. The van der Waals surface area contributed by atoms with Crippen LogP contribution in [0.4, 0.5) is 0 Å². The van der Waals surface area contributed by atoms with Crippen molar-refractivity contribution in [3.05, 3.63) is 238 Å². The monoisotopic (exact) mass is 710 g/mol. The first-order valence-corrected chi connectivity index (χ1v) is 19.9. The molecule has 0 heteroatoms. The summed E-state index contributed by atoms with van der Waals surface area (Å²) in [5, 5.41) is 2.58. The van der Waals surface area contributed by atoms with Crippen LogP contribution in [0, 0.1) is 20.8 Å². The van der Waals surface area contributed by atoms with E-state index in [0.717, 1.165) is 32.1 Å². The van der Waals surface area contributed by atoms with Crippen molar-refractivity contribution in [2.45, 2.75) is 58.8 Å². The number of rotatable bonds is 12. The molecule has 270 valence electrons. The van der Waals surface area contributed by atoms with Crippen LogP contribution in [0.15, 0.2) is 182 Å². The van der Waals surface area contributed by atoms with E-state index in [4.69, 9.17) is 0 Å². The molecule has 8 aromatic carbocycles. The highest BCUT2D eigenvalue weighted by atomic mass is 14.2. The number of hydrogen-bond acceptors (Lipinski definition) is 0. The third-order valence-corrected chi connectivity index (χ3v) is 11.5. The third-order valence-electron chi connectivity index (χ3n) is 11.5. The molecule has 0 N–H and O–H groups in total. The Morgan fingerprint density at radius 3 is 1.71 bits per heavy atom. The summed E-state index contributed by atoms with van der Waals surface area (Å²) >= 11 is 0. The molecule has 8 rings (SSSR count). The molecule has 0 aromatic heterocycles. The van der Waals surface area contributed by atoms with Gasteiger partial charge in [-0.15, -0.1) is 0 Å². The molecule has 0 spiro atoms. The van der Waals surface area contributed by atoms with Crippen LogP contribution in [0.2, 0.25) is 0 Å². The van der Waals surface area contributed by atoms with Crippen molar-refractivity contribution < 1.29 is 0 Å². The highest BCUT2D eigenvalue weighted by Crippen LogP contribution is 2.35. The minimum atomic E-state index is 0.237. The molecule has 0 saturated carbocycles. The minimum absolute atomic E-state index is 0.237. The Labute approximate surface area is 328 Å². The first kappa shape index (κ1) is 36.0. The van der Waals surface area contributed by atoms with Crippen molar-refractivity contribution in [3.8, 4) is 22.3 Å². The summed E-state index contributed by atoms with van der Waals surface area (Å²) in [5.41, 5.74) is 19.0. The van der Waals surface area contributed by atoms with Crippen LogP contribution < -0.4 is 0 Å². The molecule has 0 radical (unpaired) electrons. The minimum Gasteiger partial charge on any atom is -0.0622 e. The highest BCUT2D eigenvalue weighted by molar-refractivity contribution is 5.83. The van der Waals surface area contributed by atoms with Gasteiger partial charge in [0.15, 0.2) is 0 Å². The molecular weight excluding hydrogens is 661 g/mol. The molecule has 8 aromatic rings. The largest absolute Gasteiger partial charge is 0.0622 e. The zero-order chi connectivity index (χ0) is 37.6. The Morgan fingerprint density at radius 1 is 0.364 bits per heavy atom. The summed E-state index contributed by atoms with van der Waals surface area (Å²) in [6, 6.07) is 67.9. The van der Waals surface area contributed by atoms with Crippen LogP contribution in [0.1, 0.15) is 68.0 Å². The molecule has 0 aliphatic heterocycles. The van der Waals surface area contributed by atoms with Crippen LogP contribution in [0.5, 0.6) is 0 Å². The first-order valence-electron chi connectivity index (χ1n) is 19.9. The lowest BCUT2D eigenvalue weighted by Gasteiger charge is -2.21. The van der Waals surface area contributed by atoms with Crippen molar-refractivity contribution in [2.75, 3.05) is 0 Å². The second-order valence-electron chi connectivity index (χ2n) is 15.4. The van der Waals surface area contributed by atoms with Crippen LogP contribution >= 0.6 is 0 Å². The van der Waals surface area contributed by atoms with Gasteiger partial charge in [-0.05, 0) is 142 Å². The van der Waals surface area contributed by atoms with E-state index in [2.05, 4.69) is 203 Å². The fraction of sp³-hybridized carbons (Fsp3) is 0.164. The summed E-state index contributed by atoms with van der Waals surface area (Å²) in [7, 11) is 0. The van der Waals surface area contributed by atoms with E-state index in [9.17, 15) is 0 Å². The van der Waals surface area contributed by atoms with Gasteiger partial charge in [-0.1, -0.05) is 182 Å². The SMILES string of the molecule is Cc1ccccc1-c1cc(CCCc2ccc(C(Cc3ccc(C)c(-c4ccccc4Cc4ccccc4)c3)c3ccc4ccccc4c3)cc2)ccc1C. The lowest BCUT2D eigenvalue weighted by atomic mass is 9.83. The van der Waals surface area contributed by atoms with E-state index in [1.807, 2.05) is 0 Å². The summed E-state index contributed by atoms with van der Waals surface area (Å²) in [5.74, 6) is 0.237. The van der Waals surface area contributed by atoms with Gasteiger partial charge < -0.3 is 0 Å². The van der Waals surface area contributed by atoms with Crippen LogP contribution in [0.3, 0.4) is 0 Å². The van der Waals surface area contributed by atoms with Crippen molar-refractivity contribution in [1.29, 1.82) is 0 Å². The van der Waals surface area contributed by atoms with Crippen LogP contribution in [-0.4, -0.2) is 0 Å². The van der Waals surface area contributed by atoms with E-state index in [1.165, 1.54) is 88.7 Å². The number of fused-ring (bicyclic) bond motifs is 1. The highest BCUT2D eigenvalue weighted by Gasteiger charge is 2.18. The van der Waals surface area contributed by atoms with Gasteiger partial charge in [0.05, 0.1) is 0 Å². The van der Waals surface area contributed by atoms with Crippen LogP contribution in [-0.2, 0) is 25.7 Å². The van der Waals surface area contributed by atoms with Gasteiger partial charge in [-0.2, -0.15) is 0 Å². The van der Waals surface area contributed by atoms with E-state index in [-0.39, 0.29) is 5.92 Å². The molecule has 0 fully saturated rings. The Kier molecular flexibility index (Phi) is 10.9. The average Bonchev–Trinajstić information content (AvgIpc) is 3.22. The molecule has 1 atom stereocenters. The maximum atomic E-state index is 2.46. The normalized spacial score (nSPS) is 11.8. The van der Waals surface area contributed by atoms with Gasteiger partial charge in [0.25, 0.3) is 0 Å². The molecule has 1 unspecified atom stereocenters. The number of hydrogen-bond donors (Lipinski definition) is 0. The maximum Gasteiger partial charge on any atom is 0.0130 e. The van der Waals surface area contributed by atoms with Gasteiger partial charge in [-0.3, -0.25) is 0 Å². The van der Waals surface area contributed by atoms with Gasteiger partial charge >= 0.3 is 0 Å². The topological polar surface area (TPSA) is 0 Å². The molecule has 0 saturated heterocycles. The smallest absolute Gasteiger partial charge is 0.0130 e. The molecule has 0 bridgehead atoms. The van der Waals surface area contributed by atoms with Crippen molar-refractivity contribution >= 4 is 10.8 Å². The van der Waals surface area contributed by atoms with Crippen molar-refractivity contribution in [1.82, 2.24) is 0 Å². The Balaban J connectivity index is 1.04. The van der Waals surface area contributed by atoms with E-state index in [1.54, 1.807) is 0 Å². The third kappa shape index (κ3) is 8.40. The van der Waals surface area contributed by atoms with Crippen molar-refractivity contribution in [3.63, 3.8) is 0 Å². The fourth-order valence-electron chi connectivity index (χ4n) is 8.33. The summed E-state index contributed by atoms with van der Waals surface area (Å²) in [6.07, 6.45) is 5.12. The standard InChI is InChI=1S/C55H50/c1-39-14-7-11-22-51(39)53-35-44(26-24-40(53)2)18-13-17-42-28-30-47(31-29-42)55(50-33-32-46-19-8-9-20-48(46)38-50)37-45-27-25-41(3)54(36-45)52-23-12-10-21-49(52)34-43-15-5-4-6-16-43/h4-12,14-16,19-33,35-36,38,55H,13,17-18,34,37H2,1-3H3. The number of aryl methyl sites for hydroxylation is 5. The summed E-state index contributed by atoms with van der Waals surface area (Å²) < 4.78 is 0. The number of benzene rings is 8. The molecule has 0 nitrogen and oxygen atoms in total. The molecule has 0 amide bonds. The van der Waals surface area contributed by atoms with Gasteiger partial charge in [0.2, 0.25) is 0 Å². The molecule has 0 aliphatic carbocycles. The predicted molar refractivity (Wildman–Crippen MR) is 235 cm³/mol. The average molecular weight is 711 g/mol. The zero-order valence-corrected chi connectivity index (χ0v) is 32.4. The Hall–Kier alpha value is -5.98. The summed E-state index contributed by atoms with van der Waals surface area (Å²) in [4.78, 5) is 0. The summed E-state index contributed by atoms with van der Waals surface area (Å²) in [6.45, 7) is 6.68. The molecule has 0 aliphatic rings. The quantitative estimate of drug-likeness (QED) is 0.118. The van der Waals surface area contributed by atoms with E-state index >= 15 is 0 Å². The van der Waals surface area contributed by atoms with E-state index in [0.29, 0.717) is 0 Å². The first-order chi connectivity index (χ1) is 27.0. The van der Waals surface area contributed by atoms with Gasteiger partial charge in [0.1, 0.15) is 0 Å². The second-order valence-corrected chi connectivity index (χ2v) is 15.4. The van der Waals surface area contributed by atoms with Crippen LogP contribution in [0.25, 0.3) is 33.0 Å². The Bertz CT molecular complexity index is 2540. The second kappa shape index (κ2) is 16.6. The maximum absolute atomic E-state index is 2.46. The lowest BCUT2D eigenvalue weighted by molar-refractivity contribution is 0.798. The fourth-order valence-corrected chi connectivity index (χ4v) is 8.33. The molecule has 55 heavy (non-hydrogen) atoms. The zero-order valence-electron chi connectivity index (χ0n) is 32.4. The van der Waals surface area contributed by atoms with Gasteiger partial charge in [-0.25, -0.2) is 0 Å². The lowest BCUT2D eigenvalue weighted by Crippen LogP contribution is -2.06. The van der Waals surface area contributed by atoms with E-state index < -0.39 is 0 Å². The van der Waals surface area contributed by atoms with Crippen molar-refractivity contribution in [2.24, 2.45) is 0 Å². The van der Waals surface area contributed by atoms with Gasteiger partial charge in [0, 0.05) is 5.92 Å². The predicted octanol–water partition coefficient (Wildman–Crippen LogP) is 14.2. The Morgan fingerprint density at radius 2 is 0.927 bits per heavy atom. The molecule has 0 heterocycles.